The number of carbonyl (C=O) groups is 1. The first-order valence-corrected chi connectivity index (χ1v) is 9.43. The minimum absolute atomic E-state index is 0. The Morgan fingerprint density at radius 2 is 1.69 bits per heavy atom. The van der Waals surface area contributed by atoms with Crippen LogP contribution in [0.3, 0.4) is 0 Å². The number of hydrogen-bond acceptors (Lipinski definition) is 4. The van der Waals surface area contributed by atoms with Crippen molar-refractivity contribution < 1.29 is 9.90 Å². The van der Waals surface area contributed by atoms with Gasteiger partial charge >= 0.3 is 0 Å². The Hall–Kier alpha value is -2.73. The van der Waals surface area contributed by atoms with Gasteiger partial charge in [-0.1, -0.05) is 48.5 Å². The smallest absolute Gasteiger partial charge is 0.230 e. The van der Waals surface area contributed by atoms with E-state index in [0.717, 1.165) is 29.9 Å². The van der Waals surface area contributed by atoms with Gasteiger partial charge < -0.3 is 15.7 Å². The monoisotopic (exact) mass is 411 g/mol. The molecule has 1 aromatic heterocycles. The van der Waals surface area contributed by atoms with Crippen LogP contribution in [0.25, 0.3) is 0 Å². The average Bonchev–Trinajstić information content (AvgIpc) is 2.73. The van der Waals surface area contributed by atoms with E-state index in [1.54, 1.807) is 6.20 Å². The molecule has 3 aromatic rings. The molecular formula is C23H26ClN3O2. The summed E-state index contributed by atoms with van der Waals surface area (Å²) in [7, 11) is 0. The van der Waals surface area contributed by atoms with E-state index in [4.69, 9.17) is 0 Å². The molecule has 0 saturated heterocycles. The second-order valence-electron chi connectivity index (χ2n) is 6.62. The van der Waals surface area contributed by atoms with Crippen LogP contribution in [0.2, 0.25) is 0 Å². The number of pyridine rings is 1. The Kier molecular flexibility index (Phi) is 9.31. The zero-order valence-electron chi connectivity index (χ0n) is 16.1. The Balaban J connectivity index is 0.00000300. The molecule has 0 spiro atoms. The van der Waals surface area contributed by atoms with Gasteiger partial charge in [0.15, 0.2) is 0 Å². The number of aliphatic hydroxyl groups is 1. The Labute approximate surface area is 177 Å². The molecule has 29 heavy (non-hydrogen) atoms. The highest BCUT2D eigenvalue weighted by Gasteiger charge is 2.06. The largest absolute Gasteiger partial charge is 0.387 e. The van der Waals surface area contributed by atoms with Gasteiger partial charge in [-0.15, -0.1) is 12.4 Å². The number of nitrogens with one attached hydrogen (secondary N) is 2. The molecule has 0 aliphatic rings. The van der Waals surface area contributed by atoms with E-state index in [1.165, 1.54) is 5.56 Å². The van der Waals surface area contributed by atoms with E-state index < -0.39 is 6.10 Å². The Morgan fingerprint density at radius 3 is 2.38 bits per heavy atom. The summed E-state index contributed by atoms with van der Waals surface area (Å²) in [5.41, 5.74) is 3.61. The number of carbonyl (C=O) groups excluding carboxylic acids is 1. The highest BCUT2D eigenvalue weighted by Crippen LogP contribution is 2.12. The number of benzene rings is 2. The van der Waals surface area contributed by atoms with Gasteiger partial charge in [0.2, 0.25) is 5.91 Å². The topological polar surface area (TPSA) is 74.2 Å². The lowest BCUT2D eigenvalue weighted by Gasteiger charge is -2.12. The summed E-state index contributed by atoms with van der Waals surface area (Å²) in [5, 5.41) is 16.3. The summed E-state index contributed by atoms with van der Waals surface area (Å²) in [6.07, 6.45) is 2.29. The van der Waals surface area contributed by atoms with Crippen molar-refractivity contribution >= 4 is 24.0 Å². The van der Waals surface area contributed by atoms with E-state index in [1.807, 2.05) is 72.8 Å². The molecule has 0 bridgehead atoms. The highest BCUT2D eigenvalue weighted by molar-refractivity contribution is 5.92. The fraction of sp³-hybridized carbons (Fsp3) is 0.217. The van der Waals surface area contributed by atoms with Crippen LogP contribution in [0.1, 0.15) is 22.9 Å². The number of amides is 1. The van der Waals surface area contributed by atoms with Gasteiger partial charge in [0, 0.05) is 24.1 Å². The van der Waals surface area contributed by atoms with Crippen molar-refractivity contribution in [1.29, 1.82) is 0 Å². The summed E-state index contributed by atoms with van der Waals surface area (Å²) in [4.78, 5) is 16.2. The lowest BCUT2D eigenvalue weighted by Crippen LogP contribution is -2.23. The van der Waals surface area contributed by atoms with Crippen LogP contribution < -0.4 is 10.6 Å². The predicted octanol–water partition coefficient (Wildman–Crippen LogP) is 3.55. The summed E-state index contributed by atoms with van der Waals surface area (Å²) >= 11 is 0. The molecular weight excluding hydrogens is 386 g/mol. The summed E-state index contributed by atoms with van der Waals surface area (Å²) in [6, 6.07) is 23.0. The molecule has 3 rings (SSSR count). The van der Waals surface area contributed by atoms with Crippen molar-refractivity contribution in [2.45, 2.75) is 18.9 Å². The van der Waals surface area contributed by atoms with Crippen LogP contribution >= 0.6 is 12.4 Å². The second-order valence-corrected chi connectivity index (χ2v) is 6.62. The normalized spacial score (nSPS) is 11.3. The van der Waals surface area contributed by atoms with Crippen LogP contribution in [0.4, 0.5) is 5.69 Å². The first-order chi connectivity index (χ1) is 13.7. The van der Waals surface area contributed by atoms with Gasteiger partial charge in [-0.25, -0.2) is 0 Å². The van der Waals surface area contributed by atoms with Crippen molar-refractivity contribution in [2.75, 3.05) is 18.4 Å². The van der Waals surface area contributed by atoms with E-state index >= 15 is 0 Å². The van der Waals surface area contributed by atoms with Gasteiger partial charge in [0.1, 0.15) is 0 Å². The summed E-state index contributed by atoms with van der Waals surface area (Å²) < 4.78 is 0. The van der Waals surface area contributed by atoms with Gasteiger partial charge in [-0.3, -0.25) is 9.78 Å². The first kappa shape index (κ1) is 22.6. The van der Waals surface area contributed by atoms with Crippen molar-refractivity contribution in [3.8, 4) is 0 Å². The highest BCUT2D eigenvalue weighted by atomic mass is 35.5. The third-order valence-corrected chi connectivity index (χ3v) is 4.42. The molecule has 1 heterocycles. The van der Waals surface area contributed by atoms with Crippen LogP contribution in [0.5, 0.6) is 0 Å². The molecule has 5 nitrogen and oxygen atoms in total. The number of rotatable bonds is 9. The van der Waals surface area contributed by atoms with Crippen LogP contribution in [0, 0.1) is 0 Å². The molecule has 0 saturated carbocycles. The van der Waals surface area contributed by atoms with Gasteiger partial charge in [0.05, 0.1) is 12.5 Å². The lowest BCUT2D eigenvalue weighted by atomic mass is 10.1. The zero-order valence-corrected chi connectivity index (χ0v) is 16.9. The molecule has 1 amide bonds. The Morgan fingerprint density at radius 1 is 0.966 bits per heavy atom. The molecule has 152 valence electrons. The summed E-state index contributed by atoms with van der Waals surface area (Å²) in [6.45, 7) is 1.29. The third kappa shape index (κ3) is 7.66. The van der Waals surface area contributed by atoms with Crippen molar-refractivity contribution in [3.63, 3.8) is 0 Å². The van der Waals surface area contributed by atoms with Crippen molar-refractivity contribution in [1.82, 2.24) is 10.3 Å². The van der Waals surface area contributed by atoms with E-state index in [9.17, 15) is 9.90 Å². The van der Waals surface area contributed by atoms with Gasteiger partial charge in [-0.05, 0) is 48.4 Å². The maximum atomic E-state index is 12.1. The number of nitrogens with zero attached hydrogens (tertiary/aromatic N) is 1. The maximum Gasteiger partial charge on any atom is 0.230 e. The fourth-order valence-corrected chi connectivity index (χ4v) is 2.89. The number of hydrogen-bond donors (Lipinski definition) is 3. The molecule has 0 fully saturated rings. The molecule has 6 heteroatoms. The molecule has 3 N–H and O–H groups in total. The predicted molar refractivity (Wildman–Crippen MR) is 118 cm³/mol. The maximum absolute atomic E-state index is 12.1. The van der Waals surface area contributed by atoms with Crippen LogP contribution in [-0.4, -0.2) is 29.1 Å². The quantitative estimate of drug-likeness (QED) is 0.471. The standard InChI is InChI=1S/C23H25N3O2.ClH/c27-22(19-6-2-1-3-7-19)17-24-15-13-18-9-11-20(12-10-18)26-23(28)16-21-8-4-5-14-25-21;/h1-12,14,22,24,27H,13,15-17H2,(H,26,28);1H. The summed E-state index contributed by atoms with van der Waals surface area (Å²) in [5.74, 6) is -0.0805. The molecule has 2 aromatic carbocycles. The minimum atomic E-state index is -0.502. The molecule has 0 aliphatic heterocycles. The van der Waals surface area contributed by atoms with E-state index in [0.29, 0.717) is 6.54 Å². The lowest BCUT2D eigenvalue weighted by molar-refractivity contribution is -0.115. The average molecular weight is 412 g/mol. The molecule has 0 radical (unpaired) electrons. The molecule has 1 atom stereocenters. The number of aromatic nitrogens is 1. The Bertz CT molecular complexity index is 858. The van der Waals surface area contributed by atoms with Gasteiger partial charge in [-0.2, -0.15) is 0 Å². The number of halogens is 1. The SMILES string of the molecule is Cl.O=C(Cc1ccccn1)Nc1ccc(CCNCC(O)c2ccccc2)cc1. The van der Waals surface area contributed by atoms with Crippen LogP contribution in [0.15, 0.2) is 79.0 Å². The first-order valence-electron chi connectivity index (χ1n) is 9.43. The number of aliphatic hydroxyl groups excluding tert-OH is 1. The fourth-order valence-electron chi connectivity index (χ4n) is 2.89. The van der Waals surface area contributed by atoms with Crippen molar-refractivity contribution in [3.05, 3.63) is 95.8 Å². The minimum Gasteiger partial charge on any atom is -0.387 e. The molecule has 0 aliphatic carbocycles. The third-order valence-electron chi connectivity index (χ3n) is 4.42. The zero-order chi connectivity index (χ0) is 19.6. The van der Waals surface area contributed by atoms with Gasteiger partial charge in [0.25, 0.3) is 0 Å². The second kappa shape index (κ2) is 12.0. The number of anilines is 1. The molecule has 1 unspecified atom stereocenters. The van der Waals surface area contributed by atoms with E-state index in [-0.39, 0.29) is 24.7 Å². The van der Waals surface area contributed by atoms with E-state index in [2.05, 4.69) is 15.6 Å². The van der Waals surface area contributed by atoms with Crippen LogP contribution in [-0.2, 0) is 17.6 Å². The van der Waals surface area contributed by atoms with Crippen molar-refractivity contribution in [2.24, 2.45) is 0 Å².